The molecule has 0 unspecified atom stereocenters. The molecule has 1 fully saturated rings. The predicted molar refractivity (Wildman–Crippen MR) is 93.1 cm³/mol. The number of carbonyl (C=O) groups excluding carboxylic acids is 1. The standard InChI is InChI=1S/C18H27N5O2/c1-12(2)8-16-19-18(25-21-16)15-6-5-7-22(10-15)17(24)11-23-14(4)9-13(3)20-23/h9,12,15H,5-8,10-11H2,1-4H3/t15-/m0/s1. The van der Waals surface area contributed by atoms with Crippen LogP contribution in [-0.2, 0) is 17.8 Å². The molecule has 0 spiro atoms. The number of nitrogens with zero attached hydrogens (tertiary/aromatic N) is 5. The van der Waals surface area contributed by atoms with E-state index in [1.807, 2.05) is 24.8 Å². The fraction of sp³-hybridized carbons (Fsp3) is 0.667. The van der Waals surface area contributed by atoms with Gasteiger partial charge < -0.3 is 9.42 Å². The minimum atomic E-state index is 0.0952. The third-order valence-corrected chi connectivity index (χ3v) is 4.59. The third-order valence-electron chi connectivity index (χ3n) is 4.59. The Kier molecular flexibility index (Phi) is 5.20. The highest BCUT2D eigenvalue weighted by Gasteiger charge is 2.29. The summed E-state index contributed by atoms with van der Waals surface area (Å²) in [6.07, 6.45) is 2.75. The second-order valence-corrected chi connectivity index (χ2v) is 7.41. The molecule has 0 saturated carbocycles. The number of likely N-dealkylation sites (tertiary alicyclic amines) is 1. The van der Waals surface area contributed by atoms with Gasteiger partial charge in [-0.05, 0) is 38.7 Å². The van der Waals surface area contributed by atoms with Crippen molar-refractivity contribution in [1.29, 1.82) is 0 Å². The predicted octanol–water partition coefficient (Wildman–Crippen LogP) is 2.49. The lowest BCUT2D eigenvalue weighted by atomic mass is 9.98. The van der Waals surface area contributed by atoms with E-state index in [1.54, 1.807) is 4.68 Å². The van der Waals surface area contributed by atoms with Gasteiger partial charge in [0.15, 0.2) is 5.82 Å². The van der Waals surface area contributed by atoms with E-state index in [1.165, 1.54) is 0 Å². The van der Waals surface area contributed by atoms with Crippen molar-refractivity contribution in [3.8, 4) is 0 Å². The first-order chi connectivity index (χ1) is 11.9. The van der Waals surface area contributed by atoms with Gasteiger partial charge in [-0.1, -0.05) is 19.0 Å². The fourth-order valence-corrected chi connectivity index (χ4v) is 3.35. The smallest absolute Gasteiger partial charge is 0.244 e. The summed E-state index contributed by atoms with van der Waals surface area (Å²) in [4.78, 5) is 19.1. The summed E-state index contributed by atoms with van der Waals surface area (Å²) in [6, 6.07) is 1.99. The largest absolute Gasteiger partial charge is 0.340 e. The lowest BCUT2D eigenvalue weighted by Gasteiger charge is -2.31. The number of aromatic nitrogens is 4. The summed E-state index contributed by atoms with van der Waals surface area (Å²) in [5.74, 6) is 2.15. The van der Waals surface area contributed by atoms with E-state index >= 15 is 0 Å². The van der Waals surface area contributed by atoms with Crippen molar-refractivity contribution in [1.82, 2.24) is 24.8 Å². The zero-order valence-corrected chi connectivity index (χ0v) is 15.5. The van der Waals surface area contributed by atoms with Crippen molar-refractivity contribution >= 4 is 5.91 Å². The van der Waals surface area contributed by atoms with Crippen LogP contribution in [-0.4, -0.2) is 43.8 Å². The maximum Gasteiger partial charge on any atom is 0.244 e. The van der Waals surface area contributed by atoms with Gasteiger partial charge in [0.25, 0.3) is 0 Å². The van der Waals surface area contributed by atoms with Gasteiger partial charge in [0, 0.05) is 25.2 Å². The molecule has 7 nitrogen and oxygen atoms in total. The SMILES string of the molecule is Cc1cc(C)n(CC(=O)N2CCC[C@H](c3nc(CC(C)C)no3)C2)n1. The molecule has 1 saturated heterocycles. The Morgan fingerprint density at radius 1 is 1.40 bits per heavy atom. The van der Waals surface area contributed by atoms with E-state index in [0.29, 0.717) is 18.4 Å². The summed E-state index contributed by atoms with van der Waals surface area (Å²) in [5, 5.41) is 8.46. The third kappa shape index (κ3) is 4.27. The van der Waals surface area contributed by atoms with Crippen molar-refractivity contribution in [2.45, 2.75) is 59.4 Å². The van der Waals surface area contributed by atoms with Crippen LogP contribution in [0.15, 0.2) is 10.6 Å². The summed E-state index contributed by atoms with van der Waals surface area (Å²) in [7, 11) is 0. The van der Waals surface area contributed by atoms with Crippen LogP contribution in [0.2, 0.25) is 0 Å². The van der Waals surface area contributed by atoms with Crippen LogP contribution >= 0.6 is 0 Å². The summed E-state index contributed by atoms with van der Waals surface area (Å²) >= 11 is 0. The normalized spacial score (nSPS) is 18.1. The maximum atomic E-state index is 12.7. The summed E-state index contributed by atoms with van der Waals surface area (Å²) in [5.41, 5.74) is 1.94. The van der Waals surface area contributed by atoms with Crippen molar-refractivity contribution < 1.29 is 9.32 Å². The number of aryl methyl sites for hydroxylation is 2. The van der Waals surface area contributed by atoms with Crippen LogP contribution in [0.5, 0.6) is 0 Å². The van der Waals surface area contributed by atoms with Crippen molar-refractivity contribution in [3.05, 3.63) is 29.2 Å². The molecular weight excluding hydrogens is 318 g/mol. The molecule has 0 aliphatic carbocycles. The molecule has 0 aromatic carbocycles. The monoisotopic (exact) mass is 345 g/mol. The average Bonchev–Trinajstić information content (AvgIpc) is 3.13. The maximum absolute atomic E-state index is 12.7. The van der Waals surface area contributed by atoms with Gasteiger partial charge in [-0.25, -0.2) is 0 Å². The van der Waals surface area contributed by atoms with Crippen molar-refractivity contribution in [3.63, 3.8) is 0 Å². The highest BCUT2D eigenvalue weighted by Crippen LogP contribution is 2.26. The molecule has 0 N–H and O–H groups in total. The number of hydrogen-bond donors (Lipinski definition) is 0. The molecule has 0 radical (unpaired) electrons. The number of carbonyl (C=O) groups is 1. The molecule has 1 aliphatic heterocycles. The van der Waals surface area contributed by atoms with E-state index in [2.05, 4.69) is 29.1 Å². The lowest BCUT2D eigenvalue weighted by molar-refractivity contribution is -0.133. The minimum Gasteiger partial charge on any atom is -0.340 e. The highest BCUT2D eigenvalue weighted by atomic mass is 16.5. The van der Waals surface area contributed by atoms with Crippen LogP contribution in [0.1, 0.15) is 55.7 Å². The quantitative estimate of drug-likeness (QED) is 0.832. The van der Waals surface area contributed by atoms with Crippen LogP contribution in [0.25, 0.3) is 0 Å². The topological polar surface area (TPSA) is 77.0 Å². The molecule has 25 heavy (non-hydrogen) atoms. The average molecular weight is 345 g/mol. The molecule has 1 atom stereocenters. The molecule has 3 rings (SSSR count). The van der Waals surface area contributed by atoms with Gasteiger partial charge in [0.1, 0.15) is 6.54 Å². The van der Waals surface area contributed by atoms with Gasteiger partial charge in [0.2, 0.25) is 11.8 Å². The Labute approximate surface area is 148 Å². The number of amides is 1. The van der Waals surface area contributed by atoms with E-state index in [4.69, 9.17) is 4.52 Å². The molecule has 1 aliphatic rings. The first-order valence-corrected chi connectivity index (χ1v) is 9.03. The second kappa shape index (κ2) is 7.37. The molecular formula is C18H27N5O2. The molecule has 2 aromatic heterocycles. The number of piperidine rings is 1. The van der Waals surface area contributed by atoms with Crippen molar-refractivity contribution in [2.75, 3.05) is 13.1 Å². The zero-order valence-electron chi connectivity index (χ0n) is 15.5. The summed E-state index contributed by atoms with van der Waals surface area (Å²) in [6.45, 7) is 9.89. The lowest BCUT2D eigenvalue weighted by Crippen LogP contribution is -2.41. The first kappa shape index (κ1) is 17.6. The van der Waals surface area contributed by atoms with Crippen LogP contribution in [0, 0.1) is 19.8 Å². The molecule has 7 heteroatoms. The Balaban J connectivity index is 1.63. The van der Waals surface area contributed by atoms with Gasteiger partial charge >= 0.3 is 0 Å². The Hall–Kier alpha value is -2.18. The Morgan fingerprint density at radius 2 is 2.20 bits per heavy atom. The first-order valence-electron chi connectivity index (χ1n) is 9.03. The summed E-state index contributed by atoms with van der Waals surface area (Å²) < 4.78 is 7.23. The highest BCUT2D eigenvalue weighted by molar-refractivity contribution is 5.76. The zero-order chi connectivity index (χ0) is 18.0. The van der Waals surface area contributed by atoms with Gasteiger partial charge in [0.05, 0.1) is 11.6 Å². The van der Waals surface area contributed by atoms with Crippen LogP contribution < -0.4 is 0 Å². The molecule has 136 valence electrons. The van der Waals surface area contributed by atoms with E-state index in [-0.39, 0.29) is 18.4 Å². The van der Waals surface area contributed by atoms with Gasteiger partial charge in [-0.2, -0.15) is 10.1 Å². The van der Waals surface area contributed by atoms with E-state index < -0.39 is 0 Å². The fourth-order valence-electron chi connectivity index (χ4n) is 3.35. The Bertz CT molecular complexity index is 734. The van der Waals surface area contributed by atoms with Gasteiger partial charge in [-0.3, -0.25) is 9.48 Å². The number of rotatable bonds is 5. The van der Waals surface area contributed by atoms with Gasteiger partial charge in [-0.15, -0.1) is 0 Å². The van der Waals surface area contributed by atoms with Crippen LogP contribution in [0.3, 0.4) is 0 Å². The van der Waals surface area contributed by atoms with E-state index in [9.17, 15) is 4.79 Å². The van der Waals surface area contributed by atoms with E-state index in [0.717, 1.165) is 43.0 Å². The number of hydrogen-bond acceptors (Lipinski definition) is 5. The minimum absolute atomic E-state index is 0.0952. The molecule has 3 heterocycles. The van der Waals surface area contributed by atoms with Crippen LogP contribution in [0.4, 0.5) is 0 Å². The molecule has 2 aromatic rings. The van der Waals surface area contributed by atoms with Crippen molar-refractivity contribution in [2.24, 2.45) is 5.92 Å². The molecule has 0 bridgehead atoms. The molecule has 1 amide bonds. The second-order valence-electron chi connectivity index (χ2n) is 7.41. The Morgan fingerprint density at radius 3 is 2.88 bits per heavy atom.